The summed E-state index contributed by atoms with van der Waals surface area (Å²) < 4.78 is 24.1. The van der Waals surface area contributed by atoms with Crippen LogP contribution >= 0.6 is 12.2 Å². The largest absolute Gasteiger partial charge is 0.454 e. The molecule has 1 fully saturated rings. The van der Waals surface area contributed by atoms with Crippen LogP contribution in [0.5, 0.6) is 0 Å². The van der Waals surface area contributed by atoms with Gasteiger partial charge in [-0.3, -0.25) is 14.4 Å². The summed E-state index contributed by atoms with van der Waals surface area (Å²) >= 11 is 5.89. The third kappa shape index (κ3) is 16.4. The molecule has 8 unspecified atom stereocenters. The lowest BCUT2D eigenvalue weighted by molar-refractivity contribution is -0.174. The molecule has 15 nitrogen and oxygen atoms in total. The first-order chi connectivity index (χ1) is 31.8. The Kier molecular flexibility index (Phi) is 22.1. The zero-order valence-electron chi connectivity index (χ0n) is 42.6. The van der Waals surface area contributed by atoms with Gasteiger partial charge in [-0.1, -0.05) is 128 Å². The molecule has 376 valence electrons. The minimum atomic E-state index is -1.43. The predicted octanol–water partition coefficient (Wildman–Crippen LogP) is 6.47. The fourth-order valence-corrected chi connectivity index (χ4v) is 8.31. The van der Waals surface area contributed by atoms with Crippen LogP contribution in [0.3, 0.4) is 0 Å². The van der Waals surface area contributed by atoms with Crippen molar-refractivity contribution in [3.8, 4) is 0 Å². The minimum absolute atomic E-state index is 0.0293. The van der Waals surface area contributed by atoms with Gasteiger partial charge in [0.1, 0.15) is 35.3 Å². The number of esters is 4. The standard InChI is InChI=1S/C52H76N4O11S/c1-31(2)25-39-49(60)64-35(9)45(57)53(11)41(27-33(5)6)51(62)66-43(29-37-21-17-15-18-22-37)46(58)55(13)40(26-32(3)4)50(61)65-36(10)48(68)56(14)42(28-34(7)8)52(63)67-44(47(59)54(39)12)30-38-23-19-16-20-24-38/h15-24,31-36,39-44H,25-30H2,1-14H3. The summed E-state index contributed by atoms with van der Waals surface area (Å²) in [5, 5.41) is 0. The molecular weight excluding hydrogens is 889 g/mol. The maximum absolute atomic E-state index is 14.7. The van der Waals surface area contributed by atoms with Crippen molar-refractivity contribution in [2.75, 3.05) is 28.2 Å². The van der Waals surface area contributed by atoms with Crippen molar-refractivity contribution >= 4 is 58.8 Å². The maximum Gasteiger partial charge on any atom is 0.329 e. The number of hydrogen-bond acceptors (Lipinski definition) is 12. The normalized spacial score (nSPS) is 25.2. The van der Waals surface area contributed by atoms with Crippen LogP contribution in [0.25, 0.3) is 0 Å². The summed E-state index contributed by atoms with van der Waals surface area (Å²) in [6.07, 6.45) is -4.72. The van der Waals surface area contributed by atoms with Gasteiger partial charge >= 0.3 is 23.9 Å². The molecule has 16 heteroatoms. The minimum Gasteiger partial charge on any atom is -0.454 e. The number of cyclic esters (lactones) is 4. The van der Waals surface area contributed by atoms with Crippen LogP contribution in [0.15, 0.2) is 60.7 Å². The molecule has 8 atom stereocenters. The van der Waals surface area contributed by atoms with E-state index in [0.717, 1.165) is 4.90 Å². The lowest BCUT2D eigenvalue weighted by Crippen LogP contribution is -2.54. The van der Waals surface area contributed by atoms with E-state index in [0.29, 0.717) is 11.1 Å². The van der Waals surface area contributed by atoms with Crippen molar-refractivity contribution in [2.45, 2.75) is 156 Å². The van der Waals surface area contributed by atoms with Crippen molar-refractivity contribution in [3.63, 3.8) is 0 Å². The van der Waals surface area contributed by atoms with Crippen LogP contribution in [0.4, 0.5) is 0 Å². The van der Waals surface area contributed by atoms with Crippen LogP contribution in [-0.2, 0) is 65.4 Å². The Balaban J connectivity index is 2.25. The number of amides is 3. The number of benzene rings is 2. The van der Waals surface area contributed by atoms with Crippen LogP contribution in [0, 0.1) is 23.7 Å². The van der Waals surface area contributed by atoms with Crippen molar-refractivity contribution < 1.29 is 52.5 Å². The molecule has 3 rings (SSSR count). The van der Waals surface area contributed by atoms with Crippen LogP contribution in [0.1, 0.15) is 106 Å². The Morgan fingerprint density at radius 3 is 1.03 bits per heavy atom. The smallest absolute Gasteiger partial charge is 0.329 e. The first-order valence-electron chi connectivity index (χ1n) is 23.8. The van der Waals surface area contributed by atoms with Gasteiger partial charge in [-0.05, 0) is 74.3 Å². The fraction of sp³-hybridized carbons (Fsp3) is 0.615. The number of carbonyl (C=O) groups excluding carboxylic acids is 7. The highest BCUT2D eigenvalue weighted by molar-refractivity contribution is 7.80. The Bertz CT molecular complexity index is 1870. The molecule has 3 amide bonds. The van der Waals surface area contributed by atoms with Gasteiger partial charge in [-0.2, -0.15) is 0 Å². The quantitative estimate of drug-likeness (QED) is 0.129. The number of hydrogen-bond donors (Lipinski definition) is 0. The van der Waals surface area contributed by atoms with E-state index in [4.69, 9.17) is 31.2 Å². The van der Waals surface area contributed by atoms with Crippen molar-refractivity contribution in [1.82, 2.24) is 19.6 Å². The monoisotopic (exact) mass is 965 g/mol. The summed E-state index contributed by atoms with van der Waals surface area (Å²) in [5.41, 5.74) is 1.37. The van der Waals surface area contributed by atoms with Gasteiger partial charge in [0.05, 0.1) is 0 Å². The Morgan fingerprint density at radius 1 is 0.426 bits per heavy atom. The van der Waals surface area contributed by atoms with Gasteiger partial charge in [0.15, 0.2) is 18.3 Å². The van der Waals surface area contributed by atoms with E-state index in [9.17, 15) is 33.6 Å². The second-order valence-corrected chi connectivity index (χ2v) is 20.2. The molecule has 68 heavy (non-hydrogen) atoms. The summed E-state index contributed by atoms with van der Waals surface area (Å²) in [6, 6.07) is 13.3. The maximum atomic E-state index is 14.7. The lowest BCUT2D eigenvalue weighted by Gasteiger charge is -2.36. The second-order valence-electron chi connectivity index (χ2n) is 19.8. The Labute approximate surface area is 409 Å². The Morgan fingerprint density at radius 2 is 0.706 bits per heavy atom. The summed E-state index contributed by atoms with van der Waals surface area (Å²) in [5.74, 6) is -5.76. The summed E-state index contributed by atoms with van der Waals surface area (Å²) in [4.78, 5) is 106. The highest BCUT2D eigenvalue weighted by Crippen LogP contribution is 2.24. The van der Waals surface area contributed by atoms with Crippen molar-refractivity contribution in [3.05, 3.63) is 71.8 Å². The number of ether oxygens (including phenoxy) is 4. The zero-order valence-corrected chi connectivity index (χ0v) is 43.4. The Hall–Kier alpha value is -5.38. The van der Waals surface area contributed by atoms with Crippen LogP contribution < -0.4 is 0 Å². The van der Waals surface area contributed by atoms with Crippen LogP contribution in [-0.4, -0.2) is 143 Å². The SMILES string of the molecule is CC(C)CC1C(=O)OC(Cc2ccccc2)C(=O)N(C)C(CC(C)C)C(=O)OC(C)C(=S)N(C)C(CC(C)C)C(=O)OC(Cc2ccccc2)C(=O)N(C)C(CC(C)C)C(=O)OC(C)C(=O)N1C. The van der Waals surface area contributed by atoms with E-state index in [1.165, 1.54) is 42.8 Å². The average Bonchev–Trinajstić information content (AvgIpc) is 3.28. The van der Waals surface area contributed by atoms with E-state index in [1.807, 2.05) is 67.5 Å². The topological polar surface area (TPSA) is 169 Å². The molecule has 2 aromatic rings. The number of thiocarbonyl (C=S) groups is 1. The number of carbonyl (C=O) groups is 7. The first kappa shape index (κ1) is 56.9. The van der Waals surface area contributed by atoms with Gasteiger partial charge in [-0.25, -0.2) is 19.2 Å². The molecule has 0 bridgehead atoms. The molecule has 0 aromatic heterocycles. The van der Waals surface area contributed by atoms with Gasteiger partial charge in [-0.15, -0.1) is 0 Å². The van der Waals surface area contributed by atoms with E-state index in [2.05, 4.69) is 0 Å². The highest BCUT2D eigenvalue weighted by atomic mass is 32.1. The third-order valence-corrected chi connectivity index (χ3v) is 12.6. The molecule has 0 aliphatic carbocycles. The molecule has 1 aliphatic rings. The average molecular weight is 965 g/mol. The number of rotatable bonds is 12. The first-order valence-corrected chi connectivity index (χ1v) is 24.2. The van der Waals surface area contributed by atoms with Gasteiger partial charge in [0.25, 0.3) is 17.7 Å². The molecule has 1 saturated heterocycles. The van der Waals surface area contributed by atoms with E-state index in [-0.39, 0.29) is 67.2 Å². The van der Waals surface area contributed by atoms with E-state index in [1.54, 1.807) is 62.5 Å². The van der Waals surface area contributed by atoms with Crippen molar-refractivity contribution in [1.29, 1.82) is 0 Å². The summed E-state index contributed by atoms with van der Waals surface area (Å²) in [7, 11) is 5.87. The van der Waals surface area contributed by atoms with Gasteiger partial charge in [0, 0.05) is 41.0 Å². The van der Waals surface area contributed by atoms with Crippen LogP contribution in [0.2, 0.25) is 0 Å². The molecule has 1 heterocycles. The van der Waals surface area contributed by atoms with E-state index >= 15 is 0 Å². The molecule has 0 saturated carbocycles. The third-order valence-electron chi connectivity index (χ3n) is 12.0. The molecule has 0 spiro atoms. The fourth-order valence-electron chi connectivity index (χ4n) is 8.14. The molecular formula is C52H76N4O11S. The van der Waals surface area contributed by atoms with Crippen molar-refractivity contribution in [2.24, 2.45) is 23.7 Å². The molecule has 0 N–H and O–H groups in total. The zero-order chi connectivity index (χ0) is 51.2. The number of nitrogens with zero attached hydrogens (tertiary/aromatic N) is 4. The lowest BCUT2D eigenvalue weighted by atomic mass is 10.00. The molecule has 0 radical (unpaired) electrons. The molecule has 2 aromatic carbocycles. The highest BCUT2D eigenvalue weighted by Gasteiger charge is 2.42. The summed E-state index contributed by atoms with van der Waals surface area (Å²) in [6.45, 7) is 18.0. The predicted molar refractivity (Wildman–Crippen MR) is 263 cm³/mol. The number of likely N-dealkylation sites (N-methyl/N-ethyl adjacent to an activating group) is 4. The van der Waals surface area contributed by atoms with Gasteiger partial charge < -0.3 is 38.5 Å². The second kappa shape index (κ2) is 26.4. The molecule has 1 aliphatic heterocycles. The van der Waals surface area contributed by atoms with Gasteiger partial charge in [0.2, 0.25) is 0 Å². The van der Waals surface area contributed by atoms with E-state index < -0.39 is 90.2 Å².